The summed E-state index contributed by atoms with van der Waals surface area (Å²) < 4.78 is 1.59. The molecule has 1 heterocycles. The van der Waals surface area contributed by atoms with Crippen molar-refractivity contribution in [3.8, 4) is 0 Å². The summed E-state index contributed by atoms with van der Waals surface area (Å²) in [6, 6.07) is 16.9. The highest BCUT2D eigenvalue weighted by Gasteiger charge is 2.27. The fourth-order valence-corrected chi connectivity index (χ4v) is 4.41. The Bertz CT molecular complexity index is 1060. The van der Waals surface area contributed by atoms with Crippen LogP contribution in [0.2, 0.25) is 0 Å². The number of thioether (sulfide) groups is 1. The van der Waals surface area contributed by atoms with Gasteiger partial charge < -0.3 is 4.90 Å². The SMILES string of the molecule is C=CCn1c(S[C@@H](C(=O)N(CC)CC)c2ccccc2)nc2ccccc2c1=O. The van der Waals surface area contributed by atoms with E-state index < -0.39 is 5.25 Å². The van der Waals surface area contributed by atoms with Gasteiger partial charge in [-0.1, -0.05) is 60.3 Å². The Morgan fingerprint density at radius 2 is 1.79 bits per heavy atom. The lowest BCUT2D eigenvalue weighted by Gasteiger charge is -2.25. The van der Waals surface area contributed by atoms with Crippen molar-refractivity contribution >= 4 is 28.6 Å². The molecule has 0 saturated carbocycles. The second-order valence-corrected chi connectivity index (χ2v) is 7.61. The van der Waals surface area contributed by atoms with E-state index in [1.165, 1.54) is 11.8 Å². The number of benzene rings is 2. The third-order valence-electron chi connectivity index (χ3n) is 4.76. The molecule has 0 aliphatic carbocycles. The largest absolute Gasteiger partial charge is 0.342 e. The Hall–Kier alpha value is -2.86. The molecule has 2 aromatic carbocycles. The highest BCUT2D eigenvalue weighted by molar-refractivity contribution is 8.00. The van der Waals surface area contributed by atoms with Gasteiger partial charge in [-0.2, -0.15) is 0 Å². The lowest BCUT2D eigenvalue weighted by atomic mass is 10.1. The van der Waals surface area contributed by atoms with Gasteiger partial charge in [-0.05, 0) is 31.5 Å². The normalized spacial score (nSPS) is 11.9. The summed E-state index contributed by atoms with van der Waals surface area (Å²) in [5.41, 5.74) is 1.39. The topological polar surface area (TPSA) is 55.2 Å². The van der Waals surface area contributed by atoms with Crippen LogP contribution in [0.4, 0.5) is 0 Å². The second kappa shape index (κ2) is 9.56. The zero-order valence-electron chi connectivity index (χ0n) is 16.7. The predicted octanol–water partition coefficient (Wildman–Crippen LogP) is 4.28. The fraction of sp³-hybridized carbons (Fsp3) is 0.261. The molecule has 6 heteroatoms. The van der Waals surface area contributed by atoms with Crippen LogP contribution in [0.5, 0.6) is 0 Å². The summed E-state index contributed by atoms with van der Waals surface area (Å²) in [5.74, 6) is 0.0127. The van der Waals surface area contributed by atoms with E-state index in [-0.39, 0.29) is 11.5 Å². The number of fused-ring (bicyclic) bond motifs is 1. The molecule has 0 bridgehead atoms. The van der Waals surface area contributed by atoms with E-state index in [2.05, 4.69) is 6.58 Å². The molecular weight excluding hydrogens is 382 g/mol. The molecule has 3 rings (SSSR count). The average Bonchev–Trinajstić information content (AvgIpc) is 2.76. The third-order valence-corrected chi connectivity index (χ3v) is 6.00. The quantitative estimate of drug-likeness (QED) is 0.318. The van der Waals surface area contributed by atoms with Gasteiger partial charge in [0.05, 0.1) is 10.9 Å². The zero-order valence-corrected chi connectivity index (χ0v) is 17.6. The van der Waals surface area contributed by atoms with Crippen molar-refractivity contribution < 1.29 is 4.79 Å². The lowest BCUT2D eigenvalue weighted by molar-refractivity contribution is -0.130. The van der Waals surface area contributed by atoms with E-state index in [1.54, 1.807) is 16.7 Å². The number of carbonyl (C=O) groups is 1. The van der Waals surface area contributed by atoms with Crippen LogP contribution < -0.4 is 5.56 Å². The van der Waals surface area contributed by atoms with Crippen molar-refractivity contribution in [3.63, 3.8) is 0 Å². The number of hydrogen-bond acceptors (Lipinski definition) is 4. The number of aromatic nitrogens is 2. The maximum Gasteiger partial charge on any atom is 0.262 e. The van der Waals surface area contributed by atoms with Crippen molar-refractivity contribution in [2.75, 3.05) is 13.1 Å². The molecule has 1 aromatic heterocycles. The Labute approximate surface area is 175 Å². The molecule has 0 fully saturated rings. The maximum absolute atomic E-state index is 13.3. The number of likely N-dealkylation sites (N-methyl/N-ethyl adjacent to an activating group) is 1. The smallest absolute Gasteiger partial charge is 0.262 e. The molecule has 0 spiro atoms. The van der Waals surface area contributed by atoms with Crippen molar-refractivity contribution in [2.24, 2.45) is 0 Å². The van der Waals surface area contributed by atoms with Crippen molar-refractivity contribution in [3.05, 3.63) is 83.2 Å². The van der Waals surface area contributed by atoms with Crippen LogP contribution in [-0.2, 0) is 11.3 Å². The fourth-order valence-electron chi connectivity index (χ4n) is 3.22. The first-order chi connectivity index (χ1) is 14.1. The van der Waals surface area contributed by atoms with Gasteiger partial charge in [0.2, 0.25) is 5.91 Å². The Balaban J connectivity index is 2.13. The molecule has 1 atom stereocenters. The number of nitrogens with zero attached hydrogens (tertiary/aromatic N) is 3. The van der Waals surface area contributed by atoms with Crippen LogP contribution in [0.15, 0.2) is 77.2 Å². The molecule has 0 aliphatic rings. The lowest BCUT2D eigenvalue weighted by Crippen LogP contribution is -2.34. The molecule has 29 heavy (non-hydrogen) atoms. The van der Waals surface area contributed by atoms with Crippen LogP contribution in [0.25, 0.3) is 10.9 Å². The number of allylic oxidation sites excluding steroid dienone is 1. The molecule has 150 valence electrons. The zero-order chi connectivity index (χ0) is 20.8. The summed E-state index contributed by atoms with van der Waals surface area (Å²) in [5, 5.41) is 0.591. The minimum Gasteiger partial charge on any atom is -0.342 e. The minimum atomic E-state index is -0.486. The van der Waals surface area contributed by atoms with Gasteiger partial charge in [-0.25, -0.2) is 4.98 Å². The number of para-hydroxylation sites is 1. The Morgan fingerprint density at radius 3 is 2.45 bits per heavy atom. The monoisotopic (exact) mass is 407 g/mol. The molecule has 3 aromatic rings. The van der Waals surface area contributed by atoms with Crippen LogP contribution >= 0.6 is 11.8 Å². The first kappa shape index (κ1) is 20.9. The van der Waals surface area contributed by atoms with Gasteiger partial charge in [0.15, 0.2) is 5.16 Å². The number of amides is 1. The van der Waals surface area contributed by atoms with Crippen molar-refractivity contribution in [1.82, 2.24) is 14.5 Å². The van der Waals surface area contributed by atoms with Crippen LogP contribution in [-0.4, -0.2) is 33.4 Å². The van der Waals surface area contributed by atoms with E-state index in [4.69, 9.17) is 4.98 Å². The van der Waals surface area contributed by atoms with E-state index in [0.717, 1.165) is 5.56 Å². The molecule has 0 aliphatic heterocycles. The number of hydrogen-bond donors (Lipinski definition) is 0. The Morgan fingerprint density at radius 1 is 1.14 bits per heavy atom. The molecule has 5 nitrogen and oxygen atoms in total. The summed E-state index contributed by atoms with van der Waals surface area (Å²) >= 11 is 1.32. The van der Waals surface area contributed by atoms with E-state index >= 15 is 0 Å². The highest BCUT2D eigenvalue weighted by atomic mass is 32.2. The van der Waals surface area contributed by atoms with Crippen LogP contribution in [0.1, 0.15) is 24.7 Å². The van der Waals surface area contributed by atoms with Gasteiger partial charge >= 0.3 is 0 Å². The maximum atomic E-state index is 13.3. The van der Waals surface area contributed by atoms with Gasteiger partial charge in [-0.15, -0.1) is 6.58 Å². The minimum absolute atomic E-state index is 0.0127. The van der Waals surface area contributed by atoms with Crippen LogP contribution in [0.3, 0.4) is 0 Å². The van der Waals surface area contributed by atoms with E-state index in [0.29, 0.717) is 35.7 Å². The molecule has 0 N–H and O–H groups in total. The number of rotatable bonds is 8. The van der Waals surface area contributed by atoms with Gasteiger partial charge in [0, 0.05) is 19.6 Å². The summed E-state index contributed by atoms with van der Waals surface area (Å²) in [4.78, 5) is 32.9. The first-order valence-corrected chi connectivity index (χ1v) is 10.6. The van der Waals surface area contributed by atoms with Crippen molar-refractivity contribution in [1.29, 1.82) is 0 Å². The van der Waals surface area contributed by atoms with Gasteiger partial charge in [-0.3, -0.25) is 14.2 Å². The van der Waals surface area contributed by atoms with Gasteiger partial charge in [0.1, 0.15) is 5.25 Å². The second-order valence-electron chi connectivity index (χ2n) is 6.54. The van der Waals surface area contributed by atoms with Crippen LogP contribution in [0, 0.1) is 0 Å². The molecule has 0 radical (unpaired) electrons. The molecule has 0 unspecified atom stereocenters. The summed E-state index contributed by atoms with van der Waals surface area (Å²) in [6.07, 6.45) is 1.67. The number of carbonyl (C=O) groups excluding carboxylic acids is 1. The predicted molar refractivity (Wildman–Crippen MR) is 119 cm³/mol. The first-order valence-electron chi connectivity index (χ1n) is 9.71. The van der Waals surface area contributed by atoms with E-state index in [9.17, 15) is 9.59 Å². The molecular formula is C23H25N3O2S. The third kappa shape index (κ3) is 4.43. The summed E-state index contributed by atoms with van der Waals surface area (Å²) in [7, 11) is 0. The van der Waals surface area contributed by atoms with Crippen molar-refractivity contribution in [2.45, 2.75) is 30.8 Å². The molecule has 0 saturated heterocycles. The summed E-state index contributed by atoms with van der Waals surface area (Å²) in [6.45, 7) is 9.30. The standard InChI is InChI=1S/C23H25N3O2S/c1-4-16-26-21(27)18-14-10-11-15-19(18)24-23(26)29-20(17-12-8-7-9-13-17)22(28)25(5-2)6-3/h4,7-15,20H,1,5-6,16H2,2-3H3/t20-/m1/s1. The van der Waals surface area contributed by atoms with E-state index in [1.807, 2.05) is 67.3 Å². The van der Waals surface area contributed by atoms with Gasteiger partial charge in [0.25, 0.3) is 5.56 Å². The Kier molecular flexibility index (Phi) is 6.88. The average molecular weight is 408 g/mol. The highest BCUT2D eigenvalue weighted by Crippen LogP contribution is 2.36. The molecule has 1 amide bonds.